The SMILES string of the molecule is COc1cc(NC(=O)Nc2ccc(-c3cn(C4CCC(N5CCN(C)CC5)CC4)c4ncnc(N)c34)cc2F)cc(OC)c1. The van der Waals surface area contributed by atoms with E-state index in [9.17, 15) is 4.79 Å². The molecular formula is C32H39FN8O3. The molecule has 0 radical (unpaired) electrons. The van der Waals surface area contributed by atoms with Gasteiger partial charge in [-0.15, -0.1) is 0 Å². The zero-order valence-electron chi connectivity index (χ0n) is 25.3. The summed E-state index contributed by atoms with van der Waals surface area (Å²) in [6.07, 6.45) is 7.84. The van der Waals surface area contributed by atoms with Crippen LogP contribution < -0.4 is 25.8 Å². The number of amides is 2. The quantitative estimate of drug-likeness (QED) is 0.264. The van der Waals surface area contributed by atoms with Gasteiger partial charge >= 0.3 is 6.03 Å². The van der Waals surface area contributed by atoms with Crippen LogP contribution in [0.5, 0.6) is 11.5 Å². The Balaban J connectivity index is 1.20. The number of rotatable bonds is 7. The molecule has 12 heteroatoms. The lowest BCUT2D eigenvalue weighted by Gasteiger charge is -2.41. The van der Waals surface area contributed by atoms with E-state index in [0.717, 1.165) is 63.1 Å². The molecule has 0 unspecified atom stereocenters. The molecule has 0 bridgehead atoms. The minimum absolute atomic E-state index is 0.0382. The number of benzene rings is 2. The predicted molar refractivity (Wildman–Crippen MR) is 170 cm³/mol. The molecule has 3 heterocycles. The number of nitrogens with zero attached hydrogens (tertiary/aromatic N) is 5. The summed E-state index contributed by atoms with van der Waals surface area (Å²) in [6.45, 7) is 4.49. The topological polar surface area (TPSA) is 123 Å². The molecule has 2 aromatic heterocycles. The number of nitrogens with one attached hydrogen (secondary N) is 2. The molecule has 2 fully saturated rings. The average Bonchev–Trinajstić information content (AvgIpc) is 3.43. The van der Waals surface area contributed by atoms with Crippen LogP contribution in [0.25, 0.3) is 22.2 Å². The summed E-state index contributed by atoms with van der Waals surface area (Å²) in [5.74, 6) is 0.803. The van der Waals surface area contributed by atoms with Crippen LogP contribution in [-0.4, -0.2) is 83.9 Å². The lowest BCUT2D eigenvalue weighted by Crippen LogP contribution is -2.49. The molecule has 2 aliphatic rings. The lowest BCUT2D eigenvalue weighted by molar-refractivity contribution is 0.0828. The summed E-state index contributed by atoms with van der Waals surface area (Å²) < 4.78 is 28.1. The zero-order chi connectivity index (χ0) is 30.8. The molecule has 2 amide bonds. The first-order chi connectivity index (χ1) is 21.3. The number of nitrogen functional groups attached to an aromatic ring is 1. The minimum atomic E-state index is -0.603. The van der Waals surface area contributed by atoms with Crippen molar-refractivity contribution in [2.45, 2.75) is 37.8 Å². The van der Waals surface area contributed by atoms with Gasteiger partial charge in [0.15, 0.2) is 0 Å². The standard InChI is InChI=1S/C32H39FN8O3/c1-39-10-12-40(13-11-39)22-5-7-23(8-6-22)41-18-26(29-30(34)35-19-36-31(29)41)20-4-9-28(27(33)14-20)38-32(42)37-21-15-24(43-2)17-25(16-21)44-3/h4,9,14-19,22-23H,5-8,10-13H2,1-3H3,(H2,34,35,36)(H2,37,38,42). The molecule has 1 aliphatic heterocycles. The van der Waals surface area contributed by atoms with Gasteiger partial charge in [0, 0.05) is 73.9 Å². The van der Waals surface area contributed by atoms with Gasteiger partial charge in [0.1, 0.15) is 35.1 Å². The molecule has 1 aliphatic carbocycles. The van der Waals surface area contributed by atoms with Crippen LogP contribution in [-0.2, 0) is 0 Å². The van der Waals surface area contributed by atoms with E-state index >= 15 is 4.39 Å². The Morgan fingerprint density at radius 3 is 2.27 bits per heavy atom. The van der Waals surface area contributed by atoms with Crippen molar-refractivity contribution in [1.82, 2.24) is 24.3 Å². The highest BCUT2D eigenvalue weighted by Gasteiger charge is 2.30. The molecule has 2 aromatic carbocycles. The van der Waals surface area contributed by atoms with Crippen LogP contribution in [0.4, 0.5) is 26.4 Å². The second kappa shape index (κ2) is 12.7. The summed E-state index contributed by atoms with van der Waals surface area (Å²) in [5, 5.41) is 5.98. The maximum Gasteiger partial charge on any atom is 0.323 e. The number of nitrogens with two attached hydrogens (primary N) is 1. The molecule has 0 spiro atoms. The van der Waals surface area contributed by atoms with Crippen molar-refractivity contribution >= 4 is 34.3 Å². The van der Waals surface area contributed by atoms with E-state index in [2.05, 4.69) is 42.0 Å². The van der Waals surface area contributed by atoms with E-state index < -0.39 is 11.8 Å². The Morgan fingerprint density at radius 2 is 1.61 bits per heavy atom. The number of likely N-dealkylation sites (N-methyl/N-ethyl adjacent to an activating group) is 1. The maximum atomic E-state index is 15.4. The van der Waals surface area contributed by atoms with E-state index in [0.29, 0.717) is 40.0 Å². The molecule has 11 nitrogen and oxygen atoms in total. The van der Waals surface area contributed by atoms with Gasteiger partial charge in [0.2, 0.25) is 0 Å². The molecule has 44 heavy (non-hydrogen) atoms. The van der Waals surface area contributed by atoms with Crippen molar-refractivity contribution < 1.29 is 18.7 Å². The van der Waals surface area contributed by atoms with Crippen molar-refractivity contribution in [1.29, 1.82) is 0 Å². The Bertz CT molecular complexity index is 1620. The molecular weight excluding hydrogens is 563 g/mol. The average molecular weight is 603 g/mol. The smallest absolute Gasteiger partial charge is 0.323 e. The number of carbonyl (C=O) groups is 1. The van der Waals surface area contributed by atoms with Crippen LogP contribution in [0.1, 0.15) is 31.7 Å². The van der Waals surface area contributed by atoms with E-state index in [1.807, 2.05) is 6.20 Å². The van der Waals surface area contributed by atoms with Gasteiger partial charge in [-0.3, -0.25) is 4.90 Å². The first-order valence-electron chi connectivity index (χ1n) is 15.0. The largest absolute Gasteiger partial charge is 0.497 e. The molecule has 4 N–H and O–H groups in total. The van der Waals surface area contributed by atoms with E-state index in [-0.39, 0.29) is 11.7 Å². The van der Waals surface area contributed by atoms with E-state index in [1.165, 1.54) is 26.6 Å². The molecule has 4 aromatic rings. The van der Waals surface area contributed by atoms with Crippen LogP contribution in [0, 0.1) is 5.82 Å². The number of methoxy groups -OCH3 is 2. The van der Waals surface area contributed by atoms with Gasteiger partial charge in [0.05, 0.1) is 25.3 Å². The lowest BCUT2D eigenvalue weighted by atomic mass is 9.89. The van der Waals surface area contributed by atoms with Crippen molar-refractivity contribution in [3.8, 4) is 22.6 Å². The number of urea groups is 1. The van der Waals surface area contributed by atoms with Crippen molar-refractivity contribution in [3.63, 3.8) is 0 Å². The van der Waals surface area contributed by atoms with Gasteiger partial charge in [0.25, 0.3) is 0 Å². The molecule has 232 valence electrons. The molecule has 6 rings (SSSR count). The molecule has 0 atom stereocenters. The Labute approximate surface area is 256 Å². The van der Waals surface area contributed by atoms with Crippen molar-refractivity contribution in [2.75, 3.05) is 63.8 Å². The van der Waals surface area contributed by atoms with Gasteiger partial charge < -0.3 is 35.3 Å². The second-order valence-electron chi connectivity index (χ2n) is 11.6. The summed E-state index contributed by atoms with van der Waals surface area (Å²) >= 11 is 0. The second-order valence-corrected chi connectivity index (χ2v) is 11.6. The monoisotopic (exact) mass is 602 g/mol. The third-order valence-electron chi connectivity index (χ3n) is 8.89. The maximum absolute atomic E-state index is 15.4. The van der Waals surface area contributed by atoms with Gasteiger partial charge in [-0.2, -0.15) is 0 Å². The summed E-state index contributed by atoms with van der Waals surface area (Å²) in [4.78, 5) is 26.6. The van der Waals surface area contributed by atoms with Crippen LogP contribution in [0.15, 0.2) is 48.9 Å². The zero-order valence-corrected chi connectivity index (χ0v) is 25.3. The summed E-state index contributed by atoms with van der Waals surface area (Å²) in [6, 6.07) is 9.96. The van der Waals surface area contributed by atoms with E-state index in [4.69, 9.17) is 15.2 Å². The highest BCUT2D eigenvalue weighted by atomic mass is 19.1. The number of anilines is 3. The first-order valence-corrected chi connectivity index (χ1v) is 15.0. The third-order valence-corrected chi connectivity index (χ3v) is 8.89. The fourth-order valence-corrected chi connectivity index (χ4v) is 6.44. The number of hydrogen-bond acceptors (Lipinski definition) is 8. The highest BCUT2D eigenvalue weighted by Crippen LogP contribution is 2.39. The Hall–Kier alpha value is -4.42. The van der Waals surface area contributed by atoms with Gasteiger partial charge in [-0.05, 0) is 50.4 Å². The third kappa shape index (κ3) is 6.13. The van der Waals surface area contributed by atoms with Crippen LogP contribution >= 0.6 is 0 Å². The molecule has 1 saturated heterocycles. The summed E-state index contributed by atoms with van der Waals surface area (Å²) in [5.41, 5.74) is 8.99. The number of piperazine rings is 1. The molecule has 1 saturated carbocycles. The number of carbonyl (C=O) groups excluding carboxylic acids is 1. The fourth-order valence-electron chi connectivity index (χ4n) is 6.44. The Morgan fingerprint density at radius 1 is 0.932 bits per heavy atom. The fraction of sp³-hybridized carbons (Fsp3) is 0.406. The van der Waals surface area contributed by atoms with Gasteiger partial charge in [-0.1, -0.05) is 6.07 Å². The first kappa shape index (κ1) is 29.6. The van der Waals surface area contributed by atoms with Crippen LogP contribution in [0.3, 0.4) is 0 Å². The van der Waals surface area contributed by atoms with Crippen molar-refractivity contribution in [2.24, 2.45) is 0 Å². The van der Waals surface area contributed by atoms with Gasteiger partial charge in [-0.25, -0.2) is 19.2 Å². The number of halogens is 1. The van der Waals surface area contributed by atoms with E-state index in [1.54, 1.807) is 30.3 Å². The van der Waals surface area contributed by atoms with Crippen LogP contribution in [0.2, 0.25) is 0 Å². The predicted octanol–water partition coefficient (Wildman–Crippen LogP) is 5.21. The van der Waals surface area contributed by atoms with Crippen molar-refractivity contribution in [3.05, 3.63) is 54.7 Å². The number of fused-ring (bicyclic) bond motifs is 1. The normalized spacial score (nSPS) is 19.5. The minimum Gasteiger partial charge on any atom is -0.497 e. The summed E-state index contributed by atoms with van der Waals surface area (Å²) in [7, 11) is 5.23. The number of ether oxygens (including phenoxy) is 2. The highest BCUT2D eigenvalue weighted by molar-refractivity contribution is 6.02. The Kier molecular flexibility index (Phi) is 8.53. The number of aromatic nitrogens is 3. The number of hydrogen-bond donors (Lipinski definition) is 3.